The molecule has 1 saturated heterocycles. The summed E-state index contributed by atoms with van der Waals surface area (Å²) >= 11 is 3.52. The second-order valence-corrected chi connectivity index (χ2v) is 8.31. The van der Waals surface area contributed by atoms with Gasteiger partial charge in [-0.1, -0.05) is 22.0 Å². The van der Waals surface area contributed by atoms with Crippen LogP contribution in [0.15, 0.2) is 46.9 Å². The Morgan fingerprint density at radius 3 is 2.79 bits per heavy atom. The Morgan fingerprint density at radius 2 is 2.03 bits per heavy atom. The van der Waals surface area contributed by atoms with E-state index in [4.69, 9.17) is 4.74 Å². The Hall–Kier alpha value is -2.49. The van der Waals surface area contributed by atoms with Gasteiger partial charge in [-0.3, -0.25) is 9.88 Å². The number of aromatic nitrogens is 1. The summed E-state index contributed by atoms with van der Waals surface area (Å²) in [6.07, 6.45) is 1.81. The molecule has 1 aromatic heterocycles. The molecule has 0 radical (unpaired) electrons. The van der Waals surface area contributed by atoms with E-state index in [-0.39, 0.29) is 11.9 Å². The van der Waals surface area contributed by atoms with Crippen LogP contribution in [0.1, 0.15) is 29.7 Å². The number of hydrogen-bond acceptors (Lipinski definition) is 4. The number of ether oxygens (including phenoxy) is 1. The summed E-state index contributed by atoms with van der Waals surface area (Å²) in [5, 5.41) is 10.2. The molecule has 0 amide bonds. The van der Waals surface area contributed by atoms with Crippen LogP contribution in [0.2, 0.25) is 0 Å². The highest BCUT2D eigenvalue weighted by Crippen LogP contribution is 2.30. The second-order valence-electron chi connectivity index (χ2n) is 7.39. The van der Waals surface area contributed by atoms with Gasteiger partial charge in [0.2, 0.25) is 0 Å². The minimum absolute atomic E-state index is 0.103. The van der Waals surface area contributed by atoms with Crippen molar-refractivity contribution in [2.75, 3.05) is 13.1 Å². The highest BCUT2D eigenvalue weighted by atomic mass is 79.9. The summed E-state index contributed by atoms with van der Waals surface area (Å²) in [7, 11) is 0. The van der Waals surface area contributed by atoms with E-state index >= 15 is 0 Å². The maximum absolute atomic E-state index is 14.2. The normalized spacial score (nSPS) is 15.4. The van der Waals surface area contributed by atoms with Gasteiger partial charge in [0.15, 0.2) is 0 Å². The molecule has 29 heavy (non-hydrogen) atoms. The van der Waals surface area contributed by atoms with Gasteiger partial charge in [-0.15, -0.1) is 0 Å². The Labute approximate surface area is 178 Å². The third kappa shape index (κ3) is 4.42. The third-order valence-electron chi connectivity index (χ3n) is 5.31. The van der Waals surface area contributed by atoms with E-state index in [1.54, 1.807) is 12.1 Å². The zero-order valence-corrected chi connectivity index (χ0v) is 17.7. The van der Waals surface area contributed by atoms with Crippen molar-refractivity contribution >= 4 is 26.8 Å². The van der Waals surface area contributed by atoms with Crippen LogP contribution in [0, 0.1) is 24.1 Å². The number of nitriles is 1. The average molecular weight is 454 g/mol. The number of halogens is 2. The van der Waals surface area contributed by atoms with Gasteiger partial charge in [0.05, 0.1) is 17.1 Å². The molecule has 1 aliphatic rings. The molecule has 2 aromatic carbocycles. The van der Waals surface area contributed by atoms with E-state index in [1.807, 2.05) is 31.2 Å². The molecule has 4 rings (SSSR count). The fourth-order valence-corrected chi connectivity index (χ4v) is 4.16. The highest BCUT2D eigenvalue weighted by Gasteiger charge is 2.23. The molecular weight excluding hydrogens is 433 g/mol. The zero-order valence-electron chi connectivity index (χ0n) is 16.2. The summed E-state index contributed by atoms with van der Waals surface area (Å²) in [6, 6.07) is 14.8. The predicted molar refractivity (Wildman–Crippen MR) is 114 cm³/mol. The van der Waals surface area contributed by atoms with Crippen LogP contribution in [-0.2, 0) is 6.54 Å². The molecule has 0 atom stereocenters. The number of fused-ring (bicyclic) bond motifs is 1. The summed E-state index contributed by atoms with van der Waals surface area (Å²) in [6.45, 7) is 4.02. The Bertz CT molecular complexity index is 1090. The molecule has 0 spiro atoms. The lowest BCUT2D eigenvalue weighted by atomic mass is 10.0. The molecule has 1 aliphatic heterocycles. The molecule has 4 nitrogen and oxygen atoms in total. The molecule has 1 fully saturated rings. The van der Waals surface area contributed by atoms with E-state index in [0.29, 0.717) is 17.7 Å². The van der Waals surface area contributed by atoms with Gasteiger partial charge in [-0.25, -0.2) is 4.39 Å². The Balaban J connectivity index is 1.44. The SMILES string of the molecule is Cc1cc(OC2CCN(Cc3c(F)cccc3C#N)CC2)c2cc(Br)ccc2n1. The predicted octanol–water partition coefficient (Wildman–Crippen LogP) is 5.36. The minimum Gasteiger partial charge on any atom is -0.490 e. The number of pyridine rings is 1. The Morgan fingerprint density at radius 1 is 1.24 bits per heavy atom. The number of benzene rings is 2. The van der Waals surface area contributed by atoms with Crippen molar-refractivity contribution in [1.82, 2.24) is 9.88 Å². The van der Waals surface area contributed by atoms with Gasteiger partial charge in [0, 0.05) is 46.8 Å². The van der Waals surface area contributed by atoms with Crippen LogP contribution < -0.4 is 4.74 Å². The van der Waals surface area contributed by atoms with Crippen LogP contribution in [0.25, 0.3) is 10.9 Å². The molecule has 6 heteroatoms. The summed E-state index contributed by atoms with van der Waals surface area (Å²) < 4.78 is 21.5. The molecule has 0 saturated carbocycles. The van der Waals surface area contributed by atoms with E-state index in [9.17, 15) is 9.65 Å². The van der Waals surface area contributed by atoms with Crippen LogP contribution in [0.5, 0.6) is 5.75 Å². The van der Waals surface area contributed by atoms with Gasteiger partial charge >= 0.3 is 0 Å². The van der Waals surface area contributed by atoms with Gasteiger partial charge in [0.25, 0.3) is 0 Å². The first-order chi connectivity index (χ1) is 14.0. The summed E-state index contributed by atoms with van der Waals surface area (Å²) in [5.74, 6) is 0.542. The monoisotopic (exact) mass is 453 g/mol. The van der Waals surface area contributed by atoms with Crippen LogP contribution in [0.4, 0.5) is 4.39 Å². The average Bonchev–Trinajstić information content (AvgIpc) is 2.71. The van der Waals surface area contributed by atoms with Crippen molar-refractivity contribution in [1.29, 1.82) is 5.26 Å². The molecular formula is C23H21BrFN3O. The smallest absolute Gasteiger partial charge is 0.130 e. The quantitative estimate of drug-likeness (QED) is 0.533. The lowest BCUT2D eigenvalue weighted by Gasteiger charge is -2.32. The standard InChI is InChI=1S/C23H21BrFN3O/c1-15-11-23(19-12-17(24)5-6-22(19)27-15)29-18-7-9-28(10-8-18)14-20-16(13-26)3-2-4-21(20)25/h2-6,11-12,18H,7-10,14H2,1H3. The fraction of sp³-hybridized carbons (Fsp3) is 0.304. The highest BCUT2D eigenvalue weighted by molar-refractivity contribution is 9.10. The molecule has 2 heterocycles. The van der Waals surface area contributed by atoms with Crippen molar-refractivity contribution in [3.63, 3.8) is 0 Å². The second kappa shape index (κ2) is 8.48. The van der Waals surface area contributed by atoms with Crippen molar-refractivity contribution in [3.8, 4) is 11.8 Å². The number of rotatable bonds is 4. The number of hydrogen-bond donors (Lipinski definition) is 0. The lowest BCUT2D eigenvalue weighted by molar-refractivity contribution is 0.0972. The van der Waals surface area contributed by atoms with E-state index in [2.05, 4.69) is 31.9 Å². The Kier molecular flexibility index (Phi) is 5.79. The topological polar surface area (TPSA) is 49.1 Å². The van der Waals surface area contributed by atoms with E-state index in [1.165, 1.54) is 6.07 Å². The number of aryl methyl sites for hydroxylation is 1. The zero-order chi connectivity index (χ0) is 20.4. The van der Waals surface area contributed by atoms with Crippen LogP contribution in [-0.4, -0.2) is 29.1 Å². The van der Waals surface area contributed by atoms with Crippen LogP contribution >= 0.6 is 15.9 Å². The van der Waals surface area contributed by atoms with Crippen molar-refractivity contribution in [2.24, 2.45) is 0 Å². The molecule has 0 N–H and O–H groups in total. The van der Waals surface area contributed by atoms with Crippen LogP contribution in [0.3, 0.4) is 0 Å². The number of likely N-dealkylation sites (tertiary alicyclic amines) is 1. The third-order valence-corrected chi connectivity index (χ3v) is 5.80. The molecule has 0 unspecified atom stereocenters. The molecule has 148 valence electrons. The van der Waals surface area contributed by atoms with Crippen molar-refractivity contribution < 1.29 is 9.13 Å². The molecule has 3 aromatic rings. The summed E-state index contributed by atoms with van der Waals surface area (Å²) in [4.78, 5) is 6.77. The fourth-order valence-electron chi connectivity index (χ4n) is 3.80. The van der Waals surface area contributed by atoms with E-state index in [0.717, 1.165) is 52.8 Å². The van der Waals surface area contributed by atoms with Crippen molar-refractivity contribution in [2.45, 2.75) is 32.4 Å². The van der Waals surface area contributed by atoms with E-state index < -0.39 is 0 Å². The minimum atomic E-state index is -0.313. The number of piperidine rings is 1. The summed E-state index contributed by atoms with van der Waals surface area (Å²) in [5.41, 5.74) is 2.74. The first-order valence-corrected chi connectivity index (χ1v) is 10.5. The van der Waals surface area contributed by atoms with Gasteiger partial charge < -0.3 is 4.74 Å². The number of nitrogens with zero attached hydrogens (tertiary/aromatic N) is 3. The maximum atomic E-state index is 14.2. The first-order valence-electron chi connectivity index (χ1n) is 9.67. The van der Waals surface area contributed by atoms with Gasteiger partial charge in [0.1, 0.15) is 17.7 Å². The maximum Gasteiger partial charge on any atom is 0.130 e. The largest absolute Gasteiger partial charge is 0.490 e. The molecule has 0 bridgehead atoms. The molecule has 0 aliphatic carbocycles. The first kappa shape index (κ1) is 19.8. The van der Waals surface area contributed by atoms with Gasteiger partial charge in [-0.2, -0.15) is 5.26 Å². The lowest BCUT2D eigenvalue weighted by Crippen LogP contribution is -2.38. The van der Waals surface area contributed by atoms with Gasteiger partial charge in [-0.05, 0) is 50.1 Å². The van der Waals surface area contributed by atoms with Crippen molar-refractivity contribution in [3.05, 3.63) is 69.6 Å².